The molecule has 2 N–H and O–H groups in total. The van der Waals surface area contributed by atoms with Gasteiger partial charge in [0.1, 0.15) is 12.6 Å². The molecule has 2 aromatic carbocycles. The van der Waals surface area contributed by atoms with E-state index in [0.717, 1.165) is 31.2 Å². The van der Waals surface area contributed by atoms with Crippen molar-refractivity contribution in [2.75, 3.05) is 5.32 Å². The number of carbonyl (C=O) groups excluding carboxylic acids is 3. The van der Waals surface area contributed by atoms with Gasteiger partial charge >= 0.3 is 0 Å². The zero-order valence-electron chi connectivity index (χ0n) is 20.2. The van der Waals surface area contributed by atoms with Gasteiger partial charge in [-0.3, -0.25) is 19.1 Å². The lowest BCUT2D eigenvalue weighted by Gasteiger charge is -2.33. The van der Waals surface area contributed by atoms with E-state index in [1.807, 2.05) is 59.5 Å². The number of anilines is 1. The van der Waals surface area contributed by atoms with Crippen molar-refractivity contribution in [2.45, 2.75) is 57.3 Å². The molecule has 3 atom stereocenters. The highest BCUT2D eigenvalue weighted by atomic mass is 16.2. The quantitative estimate of drug-likeness (QED) is 0.534. The molecule has 1 aliphatic heterocycles. The molecule has 3 unspecified atom stereocenters. The number of hydrogen-bond acceptors (Lipinski definition) is 4. The number of carbonyl (C=O) groups is 3. The third kappa shape index (κ3) is 5.32. The van der Waals surface area contributed by atoms with Gasteiger partial charge < -0.3 is 15.5 Å². The van der Waals surface area contributed by atoms with E-state index in [-0.39, 0.29) is 30.3 Å². The second-order valence-electron chi connectivity index (χ2n) is 9.61. The first-order chi connectivity index (χ1) is 17.6. The molecule has 0 radical (unpaired) electrons. The van der Waals surface area contributed by atoms with Gasteiger partial charge in [0.2, 0.25) is 11.8 Å². The summed E-state index contributed by atoms with van der Waals surface area (Å²) in [4.78, 5) is 41.0. The molecule has 8 heteroatoms. The molecule has 186 valence electrons. The van der Waals surface area contributed by atoms with Gasteiger partial charge in [-0.2, -0.15) is 5.10 Å². The van der Waals surface area contributed by atoms with Gasteiger partial charge in [0.05, 0.1) is 0 Å². The summed E-state index contributed by atoms with van der Waals surface area (Å²) in [5.41, 5.74) is 2.16. The first-order valence-corrected chi connectivity index (χ1v) is 12.6. The average molecular weight is 486 g/mol. The monoisotopic (exact) mass is 485 g/mol. The van der Waals surface area contributed by atoms with Crippen molar-refractivity contribution in [1.82, 2.24) is 20.0 Å². The molecule has 1 saturated heterocycles. The van der Waals surface area contributed by atoms with Crippen molar-refractivity contribution < 1.29 is 14.4 Å². The Hall–Kier alpha value is -3.94. The van der Waals surface area contributed by atoms with Crippen LogP contribution in [0.25, 0.3) is 0 Å². The fourth-order valence-electron chi connectivity index (χ4n) is 5.52. The smallest absolute Gasteiger partial charge is 0.254 e. The van der Waals surface area contributed by atoms with Crippen LogP contribution in [-0.4, -0.2) is 44.5 Å². The van der Waals surface area contributed by atoms with Gasteiger partial charge in [0.25, 0.3) is 5.91 Å². The fourth-order valence-corrected chi connectivity index (χ4v) is 5.52. The summed E-state index contributed by atoms with van der Waals surface area (Å²) in [6, 6.07) is 18.1. The number of benzene rings is 2. The highest BCUT2D eigenvalue weighted by Crippen LogP contribution is 2.40. The number of rotatable bonds is 7. The molecular formula is C28H31N5O3. The summed E-state index contributed by atoms with van der Waals surface area (Å²) in [5, 5.41) is 9.96. The summed E-state index contributed by atoms with van der Waals surface area (Å²) in [6.07, 6.45) is 8.33. The lowest BCUT2D eigenvalue weighted by atomic mass is 9.84. The highest BCUT2D eigenvalue weighted by molar-refractivity contribution is 5.98. The Bertz CT molecular complexity index is 1210. The van der Waals surface area contributed by atoms with Gasteiger partial charge in [-0.1, -0.05) is 43.2 Å². The number of nitrogens with zero attached hydrogens (tertiary/aromatic N) is 3. The molecule has 2 heterocycles. The third-order valence-corrected chi connectivity index (χ3v) is 7.19. The highest BCUT2D eigenvalue weighted by Gasteiger charge is 2.47. The first kappa shape index (κ1) is 23.8. The van der Waals surface area contributed by atoms with Crippen molar-refractivity contribution in [2.24, 2.45) is 5.92 Å². The largest absolute Gasteiger partial charge is 0.350 e. The Morgan fingerprint density at radius 2 is 1.81 bits per heavy atom. The van der Waals surface area contributed by atoms with E-state index in [2.05, 4.69) is 15.7 Å². The van der Waals surface area contributed by atoms with Crippen LogP contribution in [0.4, 0.5) is 5.69 Å². The van der Waals surface area contributed by atoms with E-state index in [4.69, 9.17) is 0 Å². The zero-order valence-corrected chi connectivity index (χ0v) is 20.2. The minimum Gasteiger partial charge on any atom is -0.350 e. The molecule has 2 aliphatic rings. The van der Waals surface area contributed by atoms with Crippen LogP contribution in [0.1, 0.15) is 48.0 Å². The van der Waals surface area contributed by atoms with Crippen LogP contribution < -0.4 is 10.6 Å². The first-order valence-electron chi connectivity index (χ1n) is 12.6. The van der Waals surface area contributed by atoms with Crippen LogP contribution >= 0.6 is 0 Å². The molecule has 1 aromatic heterocycles. The van der Waals surface area contributed by atoms with Crippen LogP contribution in [0.2, 0.25) is 0 Å². The number of amides is 3. The van der Waals surface area contributed by atoms with Crippen molar-refractivity contribution in [3.63, 3.8) is 0 Å². The molecule has 8 nitrogen and oxygen atoms in total. The van der Waals surface area contributed by atoms with Crippen LogP contribution in [0.3, 0.4) is 0 Å². The topological polar surface area (TPSA) is 96.3 Å². The van der Waals surface area contributed by atoms with Gasteiger partial charge in [0, 0.05) is 36.2 Å². The Balaban J connectivity index is 1.24. The third-order valence-electron chi connectivity index (χ3n) is 7.19. The minimum atomic E-state index is -0.470. The maximum absolute atomic E-state index is 13.5. The normalized spacial score (nSPS) is 21.0. The predicted octanol–water partition coefficient (Wildman–Crippen LogP) is 3.61. The van der Waals surface area contributed by atoms with E-state index >= 15 is 0 Å². The van der Waals surface area contributed by atoms with Crippen LogP contribution in [-0.2, 0) is 22.7 Å². The number of nitrogens with one attached hydrogen (secondary N) is 2. The maximum Gasteiger partial charge on any atom is 0.254 e. The van der Waals surface area contributed by atoms with Gasteiger partial charge in [-0.25, -0.2) is 0 Å². The number of fused-ring (bicyclic) bond motifs is 1. The second kappa shape index (κ2) is 10.8. The van der Waals surface area contributed by atoms with Crippen LogP contribution in [0.5, 0.6) is 0 Å². The average Bonchev–Trinajstić information content (AvgIpc) is 3.55. The molecule has 3 amide bonds. The summed E-state index contributed by atoms with van der Waals surface area (Å²) in [6.45, 7) is 0.449. The number of aromatic nitrogens is 2. The Morgan fingerprint density at radius 3 is 2.61 bits per heavy atom. The minimum absolute atomic E-state index is 0.0629. The van der Waals surface area contributed by atoms with Crippen molar-refractivity contribution in [3.05, 3.63) is 84.2 Å². The van der Waals surface area contributed by atoms with E-state index in [1.54, 1.807) is 23.1 Å². The fraction of sp³-hybridized carbons (Fsp3) is 0.357. The van der Waals surface area contributed by atoms with Crippen molar-refractivity contribution in [3.8, 4) is 0 Å². The van der Waals surface area contributed by atoms with Crippen LogP contribution in [0.15, 0.2) is 73.1 Å². The molecule has 3 aromatic rings. The number of hydrogen-bond donors (Lipinski definition) is 2. The molecule has 0 bridgehead atoms. The second-order valence-corrected chi connectivity index (χ2v) is 9.61. The van der Waals surface area contributed by atoms with Gasteiger partial charge in [-0.15, -0.1) is 0 Å². The lowest BCUT2D eigenvalue weighted by molar-refractivity contribution is -0.125. The van der Waals surface area contributed by atoms with Gasteiger partial charge in [0.15, 0.2) is 0 Å². The van der Waals surface area contributed by atoms with E-state index in [0.29, 0.717) is 30.1 Å². The Labute approximate surface area is 210 Å². The molecule has 2 fully saturated rings. The molecule has 5 rings (SSSR count). The Kier molecular flexibility index (Phi) is 7.11. The molecule has 1 saturated carbocycles. The zero-order chi connectivity index (χ0) is 24.9. The van der Waals surface area contributed by atoms with E-state index in [1.165, 1.54) is 0 Å². The van der Waals surface area contributed by atoms with Crippen LogP contribution in [0, 0.1) is 5.92 Å². The molecule has 1 aliphatic carbocycles. The van der Waals surface area contributed by atoms with Crippen molar-refractivity contribution in [1.29, 1.82) is 0 Å². The standard InChI is InChI=1S/C28H31N5O3/c34-26(19-32-15-7-14-30-32)31-23-12-6-8-20(16-23)18-29-27(35)25-17-22-11-4-5-13-24(22)33(25)28(36)21-9-2-1-3-10-21/h1-3,6-10,12,14-16,22,24-25H,4-5,11,13,17-19H2,(H,29,35)(H,31,34). The summed E-state index contributed by atoms with van der Waals surface area (Å²) < 4.78 is 1.56. The van der Waals surface area contributed by atoms with Gasteiger partial charge in [-0.05, 0) is 61.1 Å². The lowest BCUT2D eigenvalue weighted by Crippen LogP contribution is -2.49. The predicted molar refractivity (Wildman–Crippen MR) is 136 cm³/mol. The number of likely N-dealkylation sites (tertiary alicyclic amines) is 1. The summed E-state index contributed by atoms with van der Waals surface area (Å²) in [7, 11) is 0. The molecule has 0 spiro atoms. The summed E-state index contributed by atoms with van der Waals surface area (Å²) in [5.74, 6) is 0.00726. The molecule has 36 heavy (non-hydrogen) atoms. The Morgan fingerprint density at radius 1 is 0.972 bits per heavy atom. The maximum atomic E-state index is 13.5. The van der Waals surface area contributed by atoms with Crippen molar-refractivity contribution >= 4 is 23.4 Å². The molecular weight excluding hydrogens is 454 g/mol. The van der Waals surface area contributed by atoms with E-state index in [9.17, 15) is 14.4 Å². The van der Waals surface area contributed by atoms with E-state index < -0.39 is 6.04 Å². The summed E-state index contributed by atoms with van der Waals surface area (Å²) >= 11 is 0. The SMILES string of the molecule is O=C(Cn1cccn1)Nc1cccc(CNC(=O)C2CC3CCCCC3N2C(=O)c2ccccc2)c1.